The molecule has 9 heteroatoms. The zero-order valence-corrected chi connectivity index (χ0v) is 24.6. The number of halogens is 1. The molecule has 0 radical (unpaired) electrons. The number of benzene rings is 1. The highest BCUT2D eigenvalue weighted by molar-refractivity contribution is 5.94. The highest BCUT2D eigenvalue weighted by Gasteiger charge is 2.65. The average Bonchev–Trinajstić information content (AvgIpc) is 3.36. The molecular formula is C30H41ClN4O4. The highest BCUT2D eigenvalue weighted by atomic mass is 35.5. The Bertz CT molecular complexity index is 1300. The smallest absolute Gasteiger partial charge is 0.268 e. The van der Waals surface area contributed by atoms with E-state index in [2.05, 4.69) is 40.6 Å². The van der Waals surface area contributed by atoms with E-state index in [9.17, 15) is 9.59 Å². The second kappa shape index (κ2) is 10.0. The molecule has 2 amide bonds. The lowest BCUT2D eigenvalue weighted by Gasteiger charge is -2.57. The molecule has 1 fully saturated rings. The van der Waals surface area contributed by atoms with Crippen LogP contribution in [0.25, 0.3) is 0 Å². The van der Waals surface area contributed by atoms with Crippen LogP contribution in [0.4, 0.5) is 0 Å². The first-order chi connectivity index (χ1) is 18.1. The highest BCUT2D eigenvalue weighted by Crippen LogP contribution is 2.67. The van der Waals surface area contributed by atoms with Gasteiger partial charge in [0.2, 0.25) is 5.91 Å². The van der Waals surface area contributed by atoms with Crippen LogP contribution in [0.3, 0.4) is 0 Å². The van der Waals surface area contributed by atoms with Gasteiger partial charge in [-0.25, -0.2) is 0 Å². The summed E-state index contributed by atoms with van der Waals surface area (Å²) in [5.74, 6) is 1.86. The molecule has 8 nitrogen and oxygen atoms in total. The molecule has 2 aromatic rings. The molecule has 2 aliphatic heterocycles. The Kier molecular flexibility index (Phi) is 7.17. The fourth-order valence-electron chi connectivity index (χ4n) is 7.60. The number of amides is 2. The van der Waals surface area contributed by atoms with E-state index in [0.29, 0.717) is 36.4 Å². The lowest BCUT2D eigenvalue weighted by Crippen LogP contribution is -2.62. The van der Waals surface area contributed by atoms with Gasteiger partial charge < -0.3 is 30.0 Å². The van der Waals surface area contributed by atoms with E-state index in [1.54, 1.807) is 0 Å². The van der Waals surface area contributed by atoms with Gasteiger partial charge >= 0.3 is 0 Å². The van der Waals surface area contributed by atoms with E-state index in [4.69, 9.17) is 9.47 Å². The maximum absolute atomic E-state index is 13.1. The number of aromatic amines is 1. The first-order valence-corrected chi connectivity index (χ1v) is 14.1. The standard InChI is InChI=1S/C30H40N4O4.ClH/c1-15(2)31-23(35)9-12-37-22-8-7-18-13-21-20-14-19-17(5)25(29(36)32-16(3)4)33-26(19)28-30(20,10-11-34(21)6)24(18)27(22)38-28;/h7-8,15-16,20-21,28,33H,9-14H2,1-6H3,(H,31,35)(H,32,36);1H/t20-,21+,28+,30+;/m1./s1. The Labute approximate surface area is 237 Å². The summed E-state index contributed by atoms with van der Waals surface area (Å²) in [4.78, 5) is 31.3. The first kappa shape index (κ1) is 27.8. The van der Waals surface area contributed by atoms with Crippen LogP contribution < -0.4 is 20.1 Å². The lowest BCUT2D eigenvalue weighted by atomic mass is 9.51. The van der Waals surface area contributed by atoms with Crippen molar-refractivity contribution in [2.75, 3.05) is 20.2 Å². The fraction of sp³-hybridized carbons (Fsp3) is 0.600. The van der Waals surface area contributed by atoms with Crippen LogP contribution in [-0.2, 0) is 23.1 Å². The number of rotatable bonds is 7. The summed E-state index contributed by atoms with van der Waals surface area (Å²) in [6.07, 6.45) is 3.03. The number of aromatic nitrogens is 1. The molecule has 0 saturated carbocycles. The van der Waals surface area contributed by atoms with Gasteiger partial charge in [0.25, 0.3) is 5.91 Å². The van der Waals surface area contributed by atoms with Crippen molar-refractivity contribution in [3.05, 3.63) is 45.8 Å². The van der Waals surface area contributed by atoms with Crippen molar-refractivity contribution in [1.82, 2.24) is 20.5 Å². The minimum Gasteiger partial charge on any atom is -0.489 e. The molecule has 4 aliphatic rings. The van der Waals surface area contributed by atoms with Crippen molar-refractivity contribution in [3.8, 4) is 11.5 Å². The number of carbonyl (C=O) groups is 2. The lowest BCUT2D eigenvalue weighted by molar-refractivity contribution is -0.122. The molecule has 2 bridgehead atoms. The molecule has 212 valence electrons. The molecule has 1 aromatic carbocycles. The summed E-state index contributed by atoms with van der Waals surface area (Å²) >= 11 is 0. The Hall–Kier alpha value is -2.71. The van der Waals surface area contributed by atoms with Gasteiger partial charge in [0.05, 0.1) is 18.7 Å². The second-order valence-corrected chi connectivity index (χ2v) is 12.2. The summed E-state index contributed by atoms with van der Waals surface area (Å²) in [5, 5.41) is 5.98. The van der Waals surface area contributed by atoms with Gasteiger partial charge in [-0.2, -0.15) is 0 Å². The van der Waals surface area contributed by atoms with E-state index < -0.39 is 0 Å². The molecule has 39 heavy (non-hydrogen) atoms. The normalized spacial score (nSPS) is 25.9. The summed E-state index contributed by atoms with van der Waals surface area (Å²) in [6.45, 7) is 11.2. The van der Waals surface area contributed by atoms with Crippen LogP contribution in [0, 0.1) is 12.8 Å². The Balaban J connectivity index is 0.00000308. The summed E-state index contributed by atoms with van der Waals surface area (Å²) < 4.78 is 13.1. The van der Waals surface area contributed by atoms with E-state index in [0.717, 1.165) is 42.8 Å². The van der Waals surface area contributed by atoms with Crippen LogP contribution in [0.2, 0.25) is 0 Å². The molecule has 1 aromatic heterocycles. The zero-order chi connectivity index (χ0) is 26.9. The van der Waals surface area contributed by atoms with Crippen molar-refractivity contribution < 1.29 is 19.1 Å². The summed E-state index contributed by atoms with van der Waals surface area (Å²) in [7, 11) is 2.24. The maximum atomic E-state index is 13.1. The molecule has 3 N–H and O–H groups in total. The van der Waals surface area contributed by atoms with E-state index >= 15 is 0 Å². The van der Waals surface area contributed by atoms with Gasteiger partial charge in [-0.15, -0.1) is 12.4 Å². The number of piperidine rings is 1. The van der Waals surface area contributed by atoms with Gasteiger partial charge in [-0.05, 0) is 96.1 Å². The maximum Gasteiger partial charge on any atom is 0.268 e. The van der Waals surface area contributed by atoms with Crippen LogP contribution in [0.1, 0.15) is 85.1 Å². The van der Waals surface area contributed by atoms with Crippen molar-refractivity contribution in [2.24, 2.45) is 5.92 Å². The number of likely N-dealkylation sites (N-methyl/N-ethyl adjacent to an activating group) is 1. The number of nitrogens with zero attached hydrogens (tertiary/aromatic N) is 1. The molecule has 1 spiro atoms. The fourth-order valence-corrected chi connectivity index (χ4v) is 7.60. The van der Waals surface area contributed by atoms with Gasteiger partial charge in [-0.3, -0.25) is 9.59 Å². The molecule has 3 heterocycles. The first-order valence-electron chi connectivity index (χ1n) is 14.1. The van der Waals surface area contributed by atoms with Crippen molar-refractivity contribution >= 4 is 24.2 Å². The number of hydrogen-bond donors (Lipinski definition) is 3. The molecule has 0 unspecified atom stereocenters. The number of likely N-dealkylation sites (tertiary alicyclic amines) is 1. The molecular weight excluding hydrogens is 516 g/mol. The van der Waals surface area contributed by atoms with E-state index in [1.165, 1.54) is 16.7 Å². The third-order valence-corrected chi connectivity index (χ3v) is 9.16. The number of ether oxygens (including phenoxy) is 2. The summed E-state index contributed by atoms with van der Waals surface area (Å²) in [5.41, 5.74) is 6.44. The van der Waals surface area contributed by atoms with Gasteiger partial charge in [0.15, 0.2) is 11.5 Å². The second-order valence-electron chi connectivity index (χ2n) is 12.2. The molecule has 1 saturated heterocycles. The van der Waals surface area contributed by atoms with Crippen LogP contribution in [0.15, 0.2) is 12.1 Å². The number of H-pyrrole nitrogens is 1. The Morgan fingerprint density at radius 1 is 1.18 bits per heavy atom. The number of hydrogen-bond acceptors (Lipinski definition) is 5. The number of fused-ring (bicyclic) bond motifs is 2. The van der Waals surface area contributed by atoms with Gasteiger partial charge in [0, 0.05) is 29.1 Å². The summed E-state index contributed by atoms with van der Waals surface area (Å²) in [6, 6.07) is 4.81. The molecule has 2 aliphatic carbocycles. The van der Waals surface area contributed by atoms with Crippen LogP contribution in [-0.4, -0.2) is 60.0 Å². The third-order valence-electron chi connectivity index (χ3n) is 9.16. The topological polar surface area (TPSA) is 95.7 Å². The van der Waals surface area contributed by atoms with Crippen LogP contribution >= 0.6 is 12.4 Å². The predicted molar refractivity (Wildman–Crippen MR) is 152 cm³/mol. The van der Waals surface area contributed by atoms with E-state index in [1.807, 2.05) is 33.8 Å². The third kappa shape index (κ3) is 4.22. The zero-order valence-electron chi connectivity index (χ0n) is 23.8. The van der Waals surface area contributed by atoms with Gasteiger partial charge in [0.1, 0.15) is 11.8 Å². The quantitative estimate of drug-likeness (QED) is 0.479. The largest absolute Gasteiger partial charge is 0.489 e. The van der Waals surface area contributed by atoms with E-state index in [-0.39, 0.29) is 47.8 Å². The van der Waals surface area contributed by atoms with Crippen LogP contribution in [0.5, 0.6) is 11.5 Å². The van der Waals surface area contributed by atoms with Crippen molar-refractivity contribution in [2.45, 2.75) is 89.9 Å². The molecule has 6 rings (SSSR count). The van der Waals surface area contributed by atoms with Crippen molar-refractivity contribution in [3.63, 3.8) is 0 Å². The number of carbonyl (C=O) groups excluding carboxylic acids is 2. The molecule has 4 atom stereocenters. The van der Waals surface area contributed by atoms with Crippen molar-refractivity contribution in [1.29, 1.82) is 0 Å². The SMILES string of the molecule is Cc1c(C(=O)NC(C)C)[nH]c2c1C[C@@H]1[C@@H]3Cc4ccc(OCCC(=O)NC(C)C)c5c4[C@@]1(CCN3C)[C@H]2O5.Cl. The monoisotopic (exact) mass is 556 g/mol. The minimum atomic E-state index is -0.185. The minimum absolute atomic E-state index is 0. The number of nitrogens with one attached hydrogen (secondary N) is 3. The Morgan fingerprint density at radius 2 is 1.92 bits per heavy atom. The van der Waals surface area contributed by atoms with Gasteiger partial charge in [-0.1, -0.05) is 6.07 Å². The average molecular weight is 557 g/mol. The Morgan fingerprint density at radius 3 is 2.64 bits per heavy atom. The predicted octanol–water partition coefficient (Wildman–Crippen LogP) is 3.98.